The van der Waals surface area contributed by atoms with Crippen LogP contribution in [0.5, 0.6) is 0 Å². The molecule has 1 aliphatic carbocycles. The molecule has 0 saturated carbocycles. The summed E-state index contributed by atoms with van der Waals surface area (Å²) in [6.07, 6.45) is 3.24. The molecule has 0 saturated heterocycles. The van der Waals surface area contributed by atoms with Crippen LogP contribution in [0, 0.1) is 16.0 Å². The SMILES string of the molecule is Nc1ncnc2c1N=C1c3ccccc3CCC1C(c1ccc([N+](=O)[O-])cc1)N2. The zero-order valence-corrected chi connectivity index (χ0v) is 15.4. The zero-order chi connectivity index (χ0) is 20.0. The van der Waals surface area contributed by atoms with Crippen molar-refractivity contribution < 1.29 is 4.92 Å². The Morgan fingerprint density at radius 2 is 1.90 bits per heavy atom. The van der Waals surface area contributed by atoms with Crippen molar-refractivity contribution >= 4 is 28.7 Å². The molecule has 1 aromatic heterocycles. The van der Waals surface area contributed by atoms with Crippen molar-refractivity contribution in [2.75, 3.05) is 11.1 Å². The standard InChI is InChI=1S/C21H18N6O2/c22-20-19-21(24-11-23-20)26-17(13-5-8-14(9-6-13)27(28)29)16-10-7-12-3-1-2-4-15(12)18(16)25-19/h1-6,8-9,11,16-17H,7,10H2,(H3,22,23,24,26). The van der Waals surface area contributed by atoms with Gasteiger partial charge in [-0.2, -0.15) is 0 Å². The van der Waals surface area contributed by atoms with Gasteiger partial charge in [0.15, 0.2) is 11.6 Å². The Morgan fingerprint density at radius 1 is 1.10 bits per heavy atom. The molecule has 2 heterocycles. The number of nitrogens with two attached hydrogens (primary N) is 1. The van der Waals surface area contributed by atoms with Gasteiger partial charge in [-0.3, -0.25) is 10.1 Å². The molecule has 2 aliphatic rings. The Bertz CT molecular complexity index is 1140. The Hall–Kier alpha value is -3.81. The summed E-state index contributed by atoms with van der Waals surface area (Å²) in [5.41, 5.74) is 11.0. The van der Waals surface area contributed by atoms with Crippen molar-refractivity contribution in [3.8, 4) is 0 Å². The van der Waals surface area contributed by atoms with Gasteiger partial charge in [0.05, 0.1) is 16.7 Å². The van der Waals surface area contributed by atoms with E-state index in [0.717, 1.165) is 29.7 Å². The second-order valence-electron chi connectivity index (χ2n) is 7.23. The van der Waals surface area contributed by atoms with Gasteiger partial charge in [0.2, 0.25) is 0 Å². The number of fused-ring (bicyclic) bond motifs is 4. The van der Waals surface area contributed by atoms with Crippen molar-refractivity contribution in [1.29, 1.82) is 0 Å². The number of aliphatic imine (C=N–C) groups is 1. The van der Waals surface area contributed by atoms with Crippen LogP contribution in [0.25, 0.3) is 0 Å². The van der Waals surface area contributed by atoms with E-state index in [1.165, 1.54) is 24.0 Å². The average Bonchev–Trinajstić information content (AvgIpc) is 2.92. The van der Waals surface area contributed by atoms with Crippen molar-refractivity contribution in [1.82, 2.24) is 9.97 Å². The fourth-order valence-corrected chi connectivity index (χ4v) is 4.20. The molecule has 3 aromatic rings. The molecule has 3 N–H and O–H groups in total. The van der Waals surface area contributed by atoms with E-state index in [1.54, 1.807) is 12.1 Å². The third-order valence-corrected chi connectivity index (χ3v) is 5.61. The number of nitrogens with zero attached hydrogens (tertiary/aromatic N) is 4. The van der Waals surface area contributed by atoms with Crippen molar-refractivity contribution in [3.05, 3.63) is 81.7 Å². The summed E-state index contributed by atoms with van der Waals surface area (Å²) in [4.78, 5) is 24.0. The molecular weight excluding hydrogens is 368 g/mol. The van der Waals surface area contributed by atoms with Crippen LogP contribution < -0.4 is 11.1 Å². The number of benzene rings is 2. The second-order valence-corrected chi connectivity index (χ2v) is 7.23. The van der Waals surface area contributed by atoms with Crippen molar-refractivity contribution in [2.45, 2.75) is 18.9 Å². The second kappa shape index (κ2) is 6.66. The van der Waals surface area contributed by atoms with Crippen LogP contribution >= 0.6 is 0 Å². The van der Waals surface area contributed by atoms with Gasteiger partial charge in [0, 0.05) is 18.1 Å². The number of aryl methyl sites for hydroxylation is 1. The first-order valence-electron chi connectivity index (χ1n) is 9.40. The lowest BCUT2D eigenvalue weighted by molar-refractivity contribution is -0.384. The minimum Gasteiger partial charge on any atom is -0.382 e. The number of aromatic nitrogens is 2. The molecule has 0 fully saturated rings. The summed E-state index contributed by atoms with van der Waals surface area (Å²) in [5, 5.41) is 14.5. The number of anilines is 2. The van der Waals surface area contributed by atoms with Gasteiger partial charge in [-0.05, 0) is 29.5 Å². The molecule has 8 nitrogen and oxygen atoms in total. The predicted octanol–water partition coefficient (Wildman–Crippen LogP) is 3.82. The van der Waals surface area contributed by atoms with E-state index >= 15 is 0 Å². The van der Waals surface area contributed by atoms with E-state index in [2.05, 4.69) is 27.4 Å². The van der Waals surface area contributed by atoms with E-state index in [0.29, 0.717) is 17.3 Å². The molecule has 29 heavy (non-hydrogen) atoms. The van der Waals surface area contributed by atoms with Gasteiger partial charge in [0.1, 0.15) is 12.0 Å². The number of rotatable bonds is 2. The van der Waals surface area contributed by atoms with Crippen molar-refractivity contribution in [3.63, 3.8) is 0 Å². The fourth-order valence-electron chi connectivity index (χ4n) is 4.20. The molecule has 0 amide bonds. The highest BCUT2D eigenvalue weighted by Crippen LogP contribution is 2.43. The van der Waals surface area contributed by atoms with Gasteiger partial charge in [-0.15, -0.1) is 0 Å². The summed E-state index contributed by atoms with van der Waals surface area (Å²) in [7, 11) is 0. The maximum atomic E-state index is 11.0. The van der Waals surface area contributed by atoms with E-state index in [9.17, 15) is 10.1 Å². The van der Waals surface area contributed by atoms with Gasteiger partial charge in [-0.1, -0.05) is 36.4 Å². The lowest BCUT2D eigenvalue weighted by Crippen LogP contribution is -2.31. The van der Waals surface area contributed by atoms with Crippen LogP contribution in [0.4, 0.5) is 23.0 Å². The van der Waals surface area contributed by atoms with Crippen LogP contribution in [0.3, 0.4) is 0 Å². The van der Waals surface area contributed by atoms with E-state index < -0.39 is 4.92 Å². The van der Waals surface area contributed by atoms with Crippen LogP contribution in [0.15, 0.2) is 59.9 Å². The molecule has 5 rings (SSSR count). The Morgan fingerprint density at radius 3 is 2.69 bits per heavy atom. The van der Waals surface area contributed by atoms with E-state index in [1.807, 2.05) is 12.1 Å². The summed E-state index contributed by atoms with van der Waals surface area (Å²) in [6.45, 7) is 0. The molecule has 0 radical (unpaired) electrons. The number of nitro groups is 1. The molecule has 2 aromatic carbocycles. The Labute approximate surface area is 166 Å². The maximum absolute atomic E-state index is 11.0. The molecule has 2 unspecified atom stereocenters. The zero-order valence-electron chi connectivity index (χ0n) is 15.4. The number of nitrogens with one attached hydrogen (secondary N) is 1. The summed E-state index contributed by atoms with van der Waals surface area (Å²) in [5.74, 6) is 0.960. The van der Waals surface area contributed by atoms with Crippen LogP contribution in [0.1, 0.15) is 29.2 Å². The van der Waals surface area contributed by atoms with Gasteiger partial charge >= 0.3 is 0 Å². The number of hydrogen-bond acceptors (Lipinski definition) is 7. The molecule has 2 atom stereocenters. The van der Waals surface area contributed by atoms with Crippen molar-refractivity contribution in [2.24, 2.45) is 10.9 Å². The Balaban J connectivity index is 1.68. The van der Waals surface area contributed by atoms with E-state index in [-0.39, 0.29) is 17.6 Å². The lowest BCUT2D eigenvalue weighted by Gasteiger charge is -2.32. The van der Waals surface area contributed by atoms with Crippen LogP contribution in [-0.2, 0) is 6.42 Å². The molecule has 8 heteroatoms. The maximum Gasteiger partial charge on any atom is 0.269 e. The van der Waals surface area contributed by atoms with Gasteiger partial charge in [-0.25, -0.2) is 15.0 Å². The largest absolute Gasteiger partial charge is 0.382 e. The summed E-state index contributed by atoms with van der Waals surface area (Å²) < 4.78 is 0. The minimum atomic E-state index is -0.392. The third kappa shape index (κ3) is 2.89. The summed E-state index contributed by atoms with van der Waals surface area (Å²) >= 11 is 0. The first-order chi connectivity index (χ1) is 14.1. The predicted molar refractivity (Wildman–Crippen MR) is 110 cm³/mol. The minimum absolute atomic E-state index is 0.0669. The quantitative estimate of drug-likeness (QED) is 0.510. The third-order valence-electron chi connectivity index (χ3n) is 5.61. The highest BCUT2D eigenvalue weighted by Gasteiger charge is 2.36. The van der Waals surface area contributed by atoms with Gasteiger partial charge in [0.25, 0.3) is 5.69 Å². The highest BCUT2D eigenvalue weighted by atomic mass is 16.6. The fraction of sp³-hybridized carbons (Fsp3) is 0.190. The van der Waals surface area contributed by atoms with E-state index in [4.69, 9.17) is 10.7 Å². The molecule has 144 valence electrons. The normalized spacial score (nSPS) is 19.7. The average molecular weight is 386 g/mol. The monoisotopic (exact) mass is 386 g/mol. The first kappa shape index (κ1) is 17.3. The topological polar surface area (TPSA) is 119 Å². The first-order valence-corrected chi connectivity index (χ1v) is 9.40. The number of nitro benzene ring substituents is 1. The smallest absolute Gasteiger partial charge is 0.269 e. The molecular formula is C21H18N6O2. The van der Waals surface area contributed by atoms with Crippen LogP contribution in [0.2, 0.25) is 0 Å². The highest BCUT2D eigenvalue weighted by molar-refractivity contribution is 6.08. The van der Waals surface area contributed by atoms with Crippen LogP contribution in [-0.4, -0.2) is 20.6 Å². The molecule has 0 spiro atoms. The number of nitrogen functional groups attached to an aromatic ring is 1. The summed E-state index contributed by atoms with van der Waals surface area (Å²) in [6, 6.07) is 14.8. The van der Waals surface area contributed by atoms with Gasteiger partial charge < -0.3 is 11.1 Å². The Kier molecular flexibility index (Phi) is 3.97. The number of hydrogen-bond donors (Lipinski definition) is 2. The number of non-ortho nitro benzene ring substituents is 1. The lowest BCUT2D eigenvalue weighted by atomic mass is 9.76. The molecule has 1 aliphatic heterocycles. The molecule has 0 bridgehead atoms.